The molecule has 0 heteroatoms. The fourth-order valence-corrected chi connectivity index (χ4v) is 7.35. The van der Waals surface area contributed by atoms with E-state index in [0.29, 0.717) is 0 Å². The summed E-state index contributed by atoms with van der Waals surface area (Å²) in [6.07, 6.45) is 0. The minimum absolute atomic E-state index is 1.24. The third-order valence-electron chi connectivity index (χ3n) is 9.83. The Bertz CT molecular complexity index is 2660. The maximum Gasteiger partial charge on any atom is -0.0171 e. The Morgan fingerprint density at radius 3 is 0.696 bits per heavy atom. The fraction of sp³-hybridized carbons (Fsp3) is 0. The van der Waals surface area contributed by atoms with E-state index in [1.807, 2.05) is 0 Å². The first-order valence-corrected chi connectivity index (χ1v) is 16.0. The van der Waals surface area contributed by atoms with E-state index in [9.17, 15) is 0 Å². The van der Waals surface area contributed by atoms with Crippen LogP contribution in [0.4, 0.5) is 0 Å². The molecule has 0 saturated carbocycles. The van der Waals surface area contributed by atoms with Crippen LogP contribution in [0.25, 0.3) is 97.7 Å². The molecule has 0 bridgehead atoms. The normalized spacial score (nSPS) is 11.9. The van der Waals surface area contributed by atoms with Crippen LogP contribution in [0, 0.1) is 0 Å². The van der Waals surface area contributed by atoms with Crippen molar-refractivity contribution in [1.29, 1.82) is 0 Å². The smallest absolute Gasteiger partial charge is 0.0171 e. The highest BCUT2D eigenvalue weighted by Gasteiger charge is 2.08. The van der Waals surface area contributed by atoms with Gasteiger partial charge >= 0.3 is 0 Å². The molecule has 0 radical (unpaired) electrons. The van der Waals surface area contributed by atoms with Gasteiger partial charge < -0.3 is 0 Å². The zero-order valence-corrected chi connectivity index (χ0v) is 25.2. The lowest BCUT2D eigenvalue weighted by atomic mass is 9.94. The molecule has 10 aromatic rings. The summed E-state index contributed by atoms with van der Waals surface area (Å²) in [6, 6.07) is 63.2. The Labute approximate surface area is 266 Å². The van der Waals surface area contributed by atoms with E-state index in [1.165, 1.54) is 97.7 Å². The predicted molar refractivity (Wildman–Crippen MR) is 200 cm³/mol. The molecule has 0 aliphatic heterocycles. The van der Waals surface area contributed by atoms with Crippen LogP contribution in [0.3, 0.4) is 0 Å². The molecule has 0 fully saturated rings. The highest BCUT2D eigenvalue weighted by atomic mass is 14.1. The molecule has 10 aromatic carbocycles. The zero-order chi connectivity index (χ0) is 30.2. The monoisotopic (exact) mass is 580 g/mol. The third-order valence-corrected chi connectivity index (χ3v) is 9.83. The molecule has 0 saturated heterocycles. The number of benzene rings is 10. The number of hydrogen-bond donors (Lipinski definition) is 0. The molecular formula is C46H28. The predicted octanol–water partition coefficient (Wildman–Crippen LogP) is 13.1. The van der Waals surface area contributed by atoms with Crippen molar-refractivity contribution >= 4 is 75.4 Å². The summed E-state index contributed by atoms with van der Waals surface area (Å²) in [7, 11) is 0. The average molecular weight is 581 g/mol. The van der Waals surface area contributed by atoms with Gasteiger partial charge in [-0.2, -0.15) is 0 Å². The maximum absolute atomic E-state index is 2.34. The van der Waals surface area contributed by atoms with Gasteiger partial charge in [0.2, 0.25) is 0 Å². The topological polar surface area (TPSA) is 0 Å². The Hall–Kier alpha value is -5.98. The van der Waals surface area contributed by atoms with Gasteiger partial charge in [0.05, 0.1) is 0 Å². The Morgan fingerprint density at radius 1 is 0.152 bits per heavy atom. The van der Waals surface area contributed by atoms with E-state index in [4.69, 9.17) is 0 Å². The minimum atomic E-state index is 1.24. The zero-order valence-electron chi connectivity index (χ0n) is 25.2. The summed E-state index contributed by atoms with van der Waals surface area (Å²) in [5.74, 6) is 0. The first kappa shape index (κ1) is 25.4. The fourth-order valence-electron chi connectivity index (χ4n) is 7.35. The van der Waals surface area contributed by atoms with Crippen LogP contribution < -0.4 is 0 Å². The second kappa shape index (κ2) is 9.76. The van der Waals surface area contributed by atoms with E-state index in [1.54, 1.807) is 0 Å². The van der Waals surface area contributed by atoms with Gasteiger partial charge in [0.25, 0.3) is 0 Å². The largest absolute Gasteiger partial charge is 0.0616 e. The Balaban J connectivity index is 1.04. The molecule has 0 atom stereocenters. The second-order valence-electron chi connectivity index (χ2n) is 12.7. The third kappa shape index (κ3) is 4.15. The number of hydrogen-bond acceptors (Lipinski definition) is 0. The second-order valence-corrected chi connectivity index (χ2v) is 12.7. The molecule has 0 aliphatic carbocycles. The highest BCUT2D eigenvalue weighted by Crippen LogP contribution is 2.34. The Kier molecular flexibility index (Phi) is 5.38. The molecule has 0 aromatic heterocycles. The quantitative estimate of drug-likeness (QED) is 0.178. The lowest BCUT2D eigenvalue weighted by molar-refractivity contribution is 1.66. The molecule has 212 valence electrons. The summed E-state index contributed by atoms with van der Waals surface area (Å²) in [6.45, 7) is 0. The van der Waals surface area contributed by atoms with Crippen LogP contribution in [0.1, 0.15) is 0 Å². The van der Waals surface area contributed by atoms with Crippen LogP contribution in [-0.4, -0.2) is 0 Å². The van der Waals surface area contributed by atoms with E-state index >= 15 is 0 Å². The van der Waals surface area contributed by atoms with Crippen LogP contribution in [0.15, 0.2) is 170 Å². The molecular weight excluding hydrogens is 553 g/mol. The molecule has 0 unspecified atom stereocenters. The summed E-state index contributed by atoms with van der Waals surface area (Å²) < 4.78 is 0. The lowest BCUT2D eigenvalue weighted by Crippen LogP contribution is -1.84. The van der Waals surface area contributed by atoms with Crippen molar-refractivity contribution in [2.45, 2.75) is 0 Å². The van der Waals surface area contributed by atoms with Crippen molar-refractivity contribution in [3.63, 3.8) is 0 Å². The molecule has 46 heavy (non-hydrogen) atoms. The first-order chi connectivity index (χ1) is 22.7. The van der Waals surface area contributed by atoms with Crippen molar-refractivity contribution in [2.75, 3.05) is 0 Å². The van der Waals surface area contributed by atoms with Crippen molar-refractivity contribution in [2.24, 2.45) is 0 Å². The van der Waals surface area contributed by atoms with Gasteiger partial charge in [-0.15, -0.1) is 0 Å². The average Bonchev–Trinajstić information content (AvgIpc) is 3.10. The molecule has 0 spiro atoms. The van der Waals surface area contributed by atoms with Gasteiger partial charge in [-0.1, -0.05) is 97.1 Å². The summed E-state index contributed by atoms with van der Waals surface area (Å²) in [5, 5.41) is 17.9. The van der Waals surface area contributed by atoms with Crippen molar-refractivity contribution < 1.29 is 0 Å². The standard InChI is InChI=1S/C46H28/c1-3-7-32-19-45-27-41-23-36(13-15-38(41)25-43(45)17-30(32)5-1)34-11-9-29-10-12-35(22-40(29)21-34)37-14-16-39-26-44-18-31-6-2-4-8-33(31)20-46(44)28-42(39)24-37/h1-28H. The van der Waals surface area contributed by atoms with Crippen molar-refractivity contribution in [3.05, 3.63) is 170 Å². The highest BCUT2D eigenvalue weighted by molar-refractivity contribution is 6.07. The van der Waals surface area contributed by atoms with Gasteiger partial charge in [0.1, 0.15) is 0 Å². The van der Waals surface area contributed by atoms with Crippen LogP contribution >= 0.6 is 0 Å². The van der Waals surface area contributed by atoms with Crippen LogP contribution in [0.2, 0.25) is 0 Å². The molecule has 0 amide bonds. The first-order valence-electron chi connectivity index (χ1n) is 16.0. The Morgan fingerprint density at radius 2 is 0.370 bits per heavy atom. The summed E-state index contributed by atoms with van der Waals surface area (Å²) in [5.41, 5.74) is 4.96. The molecule has 0 aliphatic rings. The van der Waals surface area contributed by atoms with E-state index in [2.05, 4.69) is 170 Å². The van der Waals surface area contributed by atoms with Gasteiger partial charge in [-0.3, -0.25) is 0 Å². The molecule has 0 heterocycles. The van der Waals surface area contributed by atoms with Gasteiger partial charge in [0.15, 0.2) is 0 Å². The van der Waals surface area contributed by atoms with Gasteiger partial charge in [-0.05, 0) is 170 Å². The molecule has 0 nitrogen and oxygen atoms in total. The molecule has 10 rings (SSSR count). The van der Waals surface area contributed by atoms with Crippen molar-refractivity contribution in [3.8, 4) is 22.3 Å². The number of rotatable bonds is 2. The van der Waals surface area contributed by atoms with E-state index < -0.39 is 0 Å². The van der Waals surface area contributed by atoms with Crippen LogP contribution in [-0.2, 0) is 0 Å². The van der Waals surface area contributed by atoms with E-state index in [0.717, 1.165) is 0 Å². The van der Waals surface area contributed by atoms with Crippen LogP contribution in [0.5, 0.6) is 0 Å². The van der Waals surface area contributed by atoms with Gasteiger partial charge in [-0.25, -0.2) is 0 Å². The minimum Gasteiger partial charge on any atom is -0.0616 e. The molecule has 0 N–H and O–H groups in total. The summed E-state index contributed by atoms with van der Waals surface area (Å²) in [4.78, 5) is 0. The maximum atomic E-state index is 2.34. The summed E-state index contributed by atoms with van der Waals surface area (Å²) >= 11 is 0. The number of fused-ring (bicyclic) bond motifs is 7. The lowest BCUT2D eigenvalue weighted by Gasteiger charge is -2.10. The SMILES string of the molecule is c1ccc2cc3cc4cc(-c5ccc6ccc(-c7ccc8cc9cc%10ccccc%10cc9cc8c7)cc6c5)ccc4cc3cc2c1. The van der Waals surface area contributed by atoms with Gasteiger partial charge in [0, 0.05) is 0 Å². The van der Waals surface area contributed by atoms with Crippen molar-refractivity contribution in [1.82, 2.24) is 0 Å². The van der Waals surface area contributed by atoms with E-state index in [-0.39, 0.29) is 0 Å².